The number of nitrogens with zero attached hydrogens (tertiary/aromatic N) is 1. The summed E-state index contributed by atoms with van der Waals surface area (Å²) in [6.07, 6.45) is 2.62. The Bertz CT molecular complexity index is 702. The van der Waals surface area contributed by atoms with E-state index in [4.69, 9.17) is 15.9 Å². The average molecular weight is 445 g/mol. The summed E-state index contributed by atoms with van der Waals surface area (Å²) in [5.41, 5.74) is 6.34. The summed E-state index contributed by atoms with van der Waals surface area (Å²) in [6.45, 7) is 1.05. The molecule has 1 saturated heterocycles. The van der Waals surface area contributed by atoms with Crippen LogP contribution in [-0.4, -0.2) is 99.3 Å². The van der Waals surface area contributed by atoms with Crippen LogP contribution in [0.15, 0.2) is 11.6 Å². The third-order valence-corrected chi connectivity index (χ3v) is 6.59. The fraction of sp³-hybridized carbons (Fsp3) is 0.667. The van der Waals surface area contributed by atoms with Crippen molar-refractivity contribution in [2.24, 2.45) is 5.73 Å². The number of amides is 2. The maximum absolute atomic E-state index is 12.4. The van der Waals surface area contributed by atoms with Gasteiger partial charge in [0.2, 0.25) is 11.8 Å². The summed E-state index contributed by atoms with van der Waals surface area (Å²) < 4.78 is 0. The molecule has 2 rings (SSSR count). The number of carbonyl (C=O) groups is 4. The molecule has 2 aliphatic rings. The number of aliphatic carboxylic acids is 2. The predicted octanol–water partition coefficient (Wildman–Crippen LogP) is -2.03. The van der Waals surface area contributed by atoms with Crippen molar-refractivity contribution in [1.82, 2.24) is 15.5 Å². The molecule has 1 fully saturated rings. The van der Waals surface area contributed by atoms with Gasteiger partial charge < -0.3 is 31.7 Å². The van der Waals surface area contributed by atoms with Crippen LogP contribution in [-0.2, 0) is 19.2 Å². The predicted molar refractivity (Wildman–Crippen MR) is 109 cm³/mol. The van der Waals surface area contributed by atoms with E-state index in [0.717, 1.165) is 25.1 Å². The normalized spacial score (nSPS) is 22.7. The molecule has 0 aromatic heterocycles. The van der Waals surface area contributed by atoms with Crippen LogP contribution in [0, 0.1) is 0 Å². The first kappa shape index (κ1) is 24.1. The van der Waals surface area contributed by atoms with Crippen LogP contribution >= 0.6 is 11.8 Å². The summed E-state index contributed by atoms with van der Waals surface area (Å²) in [5, 5.41) is 32.1. The van der Waals surface area contributed by atoms with E-state index in [0.29, 0.717) is 0 Å². The lowest BCUT2D eigenvalue weighted by Gasteiger charge is -2.25. The highest BCUT2D eigenvalue weighted by molar-refractivity contribution is 8.00. The van der Waals surface area contributed by atoms with E-state index < -0.39 is 42.4 Å². The zero-order chi connectivity index (χ0) is 22.3. The molecule has 0 spiro atoms. The van der Waals surface area contributed by atoms with Gasteiger partial charge in [0.1, 0.15) is 18.6 Å². The Hall–Kier alpha value is -2.15. The van der Waals surface area contributed by atoms with Crippen LogP contribution in [0.1, 0.15) is 19.3 Å². The van der Waals surface area contributed by atoms with E-state index in [-0.39, 0.29) is 36.5 Å². The minimum absolute atomic E-state index is 0.0265. The molecule has 12 heteroatoms. The van der Waals surface area contributed by atoms with Crippen LogP contribution in [0.5, 0.6) is 0 Å². The van der Waals surface area contributed by atoms with Crippen LogP contribution < -0.4 is 16.4 Å². The van der Waals surface area contributed by atoms with Gasteiger partial charge in [-0.3, -0.25) is 24.1 Å². The van der Waals surface area contributed by atoms with Gasteiger partial charge >= 0.3 is 11.9 Å². The van der Waals surface area contributed by atoms with Gasteiger partial charge in [0, 0.05) is 36.6 Å². The Labute approximate surface area is 178 Å². The lowest BCUT2D eigenvalue weighted by Crippen LogP contribution is -2.50. The lowest BCUT2D eigenvalue weighted by atomic mass is 10.1. The first-order chi connectivity index (χ1) is 14.2. The number of thioether (sulfide) groups is 1. The first-order valence-corrected chi connectivity index (χ1v) is 10.7. The number of rotatable bonds is 12. The summed E-state index contributed by atoms with van der Waals surface area (Å²) in [5.74, 6) is -3.36. The van der Waals surface area contributed by atoms with E-state index in [1.165, 1.54) is 11.8 Å². The molecule has 0 saturated carbocycles. The van der Waals surface area contributed by atoms with Crippen molar-refractivity contribution in [3.63, 3.8) is 0 Å². The van der Waals surface area contributed by atoms with E-state index in [2.05, 4.69) is 15.5 Å². The van der Waals surface area contributed by atoms with Crippen molar-refractivity contribution >= 4 is 35.5 Å². The van der Waals surface area contributed by atoms with Crippen molar-refractivity contribution in [3.8, 4) is 0 Å². The maximum atomic E-state index is 12.4. The van der Waals surface area contributed by atoms with Crippen molar-refractivity contribution in [3.05, 3.63) is 11.6 Å². The third-order valence-electron chi connectivity index (χ3n) is 5.14. The van der Waals surface area contributed by atoms with Gasteiger partial charge in [0.25, 0.3) is 0 Å². The molecule has 11 nitrogen and oxygen atoms in total. The number of hydrogen-bond donors (Lipinski definition) is 6. The second-order valence-electron chi connectivity index (χ2n) is 7.25. The number of aliphatic hydroxyl groups is 1. The Morgan fingerprint density at radius 3 is 2.67 bits per heavy atom. The fourth-order valence-electron chi connectivity index (χ4n) is 3.56. The molecular formula is C18H28N4O7S. The molecule has 0 bridgehead atoms. The number of carboxylic acids is 2. The second kappa shape index (κ2) is 11.3. The highest BCUT2D eigenvalue weighted by atomic mass is 32.2. The number of hydrogen-bond acceptors (Lipinski definition) is 8. The summed E-state index contributed by atoms with van der Waals surface area (Å²) in [7, 11) is 0. The third kappa shape index (κ3) is 6.69. The van der Waals surface area contributed by atoms with Crippen molar-refractivity contribution in [1.29, 1.82) is 0 Å². The van der Waals surface area contributed by atoms with Crippen molar-refractivity contribution < 1.29 is 34.5 Å². The number of nitrogens with two attached hydrogens (primary N) is 1. The lowest BCUT2D eigenvalue weighted by molar-refractivity contribution is -0.139. The van der Waals surface area contributed by atoms with Gasteiger partial charge in [-0.15, -0.1) is 0 Å². The minimum atomic E-state index is -1.22. The molecule has 2 heterocycles. The molecule has 0 aromatic carbocycles. The number of carboxylic acid groups (broad SMARTS) is 2. The zero-order valence-electron chi connectivity index (χ0n) is 16.5. The van der Waals surface area contributed by atoms with Gasteiger partial charge in [-0.1, -0.05) is 6.08 Å². The van der Waals surface area contributed by atoms with E-state index in [1.807, 2.05) is 6.08 Å². The molecule has 30 heavy (non-hydrogen) atoms. The summed E-state index contributed by atoms with van der Waals surface area (Å²) >= 11 is 1.49. The Morgan fingerprint density at radius 1 is 1.30 bits per heavy atom. The second-order valence-corrected chi connectivity index (χ2v) is 8.52. The van der Waals surface area contributed by atoms with Gasteiger partial charge in [-0.2, -0.15) is 11.8 Å². The number of fused-ring (bicyclic) bond motifs is 1. The van der Waals surface area contributed by atoms with Gasteiger partial charge in [0.15, 0.2) is 0 Å². The van der Waals surface area contributed by atoms with Crippen LogP contribution in [0.25, 0.3) is 0 Å². The van der Waals surface area contributed by atoms with Gasteiger partial charge in [-0.25, -0.2) is 0 Å². The molecule has 0 radical (unpaired) electrons. The Balaban J connectivity index is 1.94. The average Bonchev–Trinajstić information content (AvgIpc) is 3.29. The SMILES string of the molecule is N[C@@H](CCC(=O)N[C@@H](CS[C@H]1CCN2CC=C(CO)[C@H]12)C(=O)NCC(=O)O)C(=O)O. The van der Waals surface area contributed by atoms with Crippen LogP contribution in [0.4, 0.5) is 0 Å². The minimum Gasteiger partial charge on any atom is -0.480 e. The largest absolute Gasteiger partial charge is 0.480 e. The van der Waals surface area contributed by atoms with Gasteiger partial charge in [0.05, 0.1) is 6.61 Å². The van der Waals surface area contributed by atoms with Crippen LogP contribution in [0.2, 0.25) is 0 Å². The topological polar surface area (TPSA) is 182 Å². The highest BCUT2D eigenvalue weighted by Gasteiger charge is 2.39. The van der Waals surface area contributed by atoms with Crippen LogP contribution in [0.3, 0.4) is 0 Å². The molecular weight excluding hydrogens is 416 g/mol. The molecule has 4 atom stereocenters. The summed E-state index contributed by atoms with van der Waals surface area (Å²) in [4.78, 5) is 48.3. The molecule has 0 aromatic rings. The first-order valence-electron chi connectivity index (χ1n) is 9.65. The van der Waals surface area contributed by atoms with Crippen molar-refractivity contribution in [2.75, 3.05) is 32.0 Å². The van der Waals surface area contributed by atoms with E-state index in [9.17, 15) is 24.3 Å². The summed E-state index contributed by atoms with van der Waals surface area (Å²) in [6, 6.07) is -2.06. The van der Waals surface area contributed by atoms with Crippen molar-refractivity contribution in [2.45, 2.75) is 42.6 Å². The Kier molecular flexibility index (Phi) is 9.08. The quantitative estimate of drug-likeness (QED) is 0.184. The molecule has 2 aliphatic heterocycles. The standard InChI is InChI=1S/C18H28N4O7S/c19-11(18(28)29)1-2-14(24)21-12(17(27)20-7-15(25)26)9-30-13-4-6-22-5-3-10(8-23)16(13)22/h3,11-13,16,23H,1-2,4-9,19H2,(H,20,27)(H,21,24)(H,25,26)(H,28,29)/t11-,12-,13-,16+/m0/s1. The monoisotopic (exact) mass is 444 g/mol. The molecule has 2 amide bonds. The molecule has 7 N–H and O–H groups in total. The molecule has 0 unspecified atom stereocenters. The van der Waals surface area contributed by atoms with Gasteiger partial charge in [-0.05, 0) is 18.4 Å². The zero-order valence-corrected chi connectivity index (χ0v) is 17.3. The van der Waals surface area contributed by atoms with E-state index in [1.54, 1.807) is 0 Å². The van der Waals surface area contributed by atoms with E-state index >= 15 is 0 Å². The fourth-order valence-corrected chi connectivity index (χ4v) is 5.03. The molecule has 0 aliphatic carbocycles. The maximum Gasteiger partial charge on any atom is 0.322 e. The number of aliphatic hydroxyl groups excluding tert-OH is 1. The highest BCUT2D eigenvalue weighted by Crippen LogP contribution is 2.36. The smallest absolute Gasteiger partial charge is 0.322 e. The number of nitrogens with one attached hydrogen (secondary N) is 2. The number of carbonyl (C=O) groups excluding carboxylic acids is 2. The molecule has 168 valence electrons. The Morgan fingerprint density at radius 2 is 2.03 bits per heavy atom.